The molecule has 0 bridgehead atoms. The zero-order chi connectivity index (χ0) is 15.8. The highest BCUT2D eigenvalue weighted by molar-refractivity contribution is 5.80. The van der Waals surface area contributed by atoms with Crippen molar-refractivity contribution in [1.29, 1.82) is 0 Å². The van der Waals surface area contributed by atoms with Crippen molar-refractivity contribution < 1.29 is 15.0 Å². The van der Waals surface area contributed by atoms with Crippen LogP contribution >= 0.6 is 0 Å². The number of carbonyl (C=O) groups excluding carboxylic acids is 1. The summed E-state index contributed by atoms with van der Waals surface area (Å²) < 4.78 is 0. The lowest BCUT2D eigenvalue weighted by atomic mass is 9.96. The molecule has 0 aliphatic heterocycles. The number of rotatable bonds is 5. The van der Waals surface area contributed by atoms with Gasteiger partial charge in [0.05, 0.1) is 0 Å². The summed E-state index contributed by atoms with van der Waals surface area (Å²) in [6, 6.07) is 13.9. The molecule has 0 aromatic heterocycles. The van der Waals surface area contributed by atoms with Crippen LogP contribution < -0.4 is 0 Å². The smallest absolute Gasteiger partial charge is 0.124 e. The third-order valence-corrected chi connectivity index (χ3v) is 3.07. The van der Waals surface area contributed by atoms with Gasteiger partial charge in [-0.05, 0) is 47.4 Å². The fourth-order valence-corrected chi connectivity index (χ4v) is 2.12. The number of hydrogen-bond acceptors (Lipinski definition) is 3. The second-order valence-corrected chi connectivity index (χ2v) is 4.67. The standard InChI is InChI=1S/C19H16O3/c20-12-4-2-1-3-11-19(15-7-5-9-17(21)13-15)16-8-6-10-18(22)14-16/h1-2,4-11,13-14,21-22H,3H2. The predicted molar refractivity (Wildman–Crippen MR) is 87.3 cm³/mol. The molecule has 0 unspecified atom stereocenters. The first-order valence-corrected chi connectivity index (χ1v) is 6.85. The van der Waals surface area contributed by atoms with Crippen LogP contribution in [0, 0.1) is 0 Å². The first kappa shape index (κ1) is 15.4. The molecule has 0 radical (unpaired) electrons. The van der Waals surface area contributed by atoms with E-state index in [0.29, 0.717) is 6.42 Å². The molecule has 2 aromatic rings. The van der Waals surface area contributed by atoms with Gasteiger partial charge in [0.1, 0.15) is 17.4 Å². The van der Waals surface area contributed by atoms with Crippen LogP contribution in [0.2, 0.25) is 0 Å². The van der Waals surface area contributed by atoms with E-state index in [1.54, 1.807) is 48.4 Å². The Balaban J connectivity index is 2.40. The van der Waals surface area contributed by atoms with Crippen LogP contribution in [0.25, 0.3) is 5.57 Å². The molecule has 0 amide bonds. The molecular formula is C19H16O3. The molecule has 3 heteroatoms. The van der Waals surface area contributed by atoms with E-state index in [1.807, 2.05) is 24.3 Å². The first-order valence-electron chi connectivity index (χ1n) is 6.85. The minimum absolute atomic E-state index is 0.183. The number of phenols is 2. The van der Waals surface area contributed by atoms with Gasteiger partial charge in [0.25, 0.3) is 0 Å². The molecule has 2 aromatic carbocycles. The molecule has 0 spiro atoms. The molecular weight excluding hydrogens is 276 g/mol. The van der Waals surface area contributed by atoms with Gasteiger partial charge in [-0.1, -0.05) is 42.5 Å². The lowest BCUT2D eigenvalue weighted by Gasteiger charge is -2.09. The van der Waals surface area contributed by atoms with Crippen molar-refractivity contribution in [2.45, 2.75) is 6.42 Å². The Morgan fingerprint density at radius 1 is 1.00 bits per heavy atom. The SMILES string of the molecule is O=C=CC=CCC=C(c1cccc(O)c1)c1cccc(O)c1. The number of allylic oxidation sites excluding steroid dienone is 4. The topological polar surface area (TPSA) is 57.5 Å². The third kappa shape index (κ3) is 4.23. The van der Waals surface area contributed by atoms with Crippen molar-refractivity contribution in [3.05, 3.63) is 84.0 Å². The van der Waals surface area contributed by atoms with E-state index in [2.05, 4.69) is 0 Å². The lowest BCUT2D eigenvalue weighted by molar-refractivity contribution is 0.475. The maximum atomic E-state index is 10.1. The molecule has 3 nitrogen and oxygen atoms in total. The molecule has 110 valence electrons. The zero-order valence-corrected chi connectivity index (χ0v) is 11.9. The Hall–Kier alpha value is -3.03. The average Bonchev–Trinajstić information content (AvgIpc) is 2.51. The van der Waals surface area contributed by atoms with E-state index < -0.39 is 0 Å². The Bertz CT molecular complexity index is 703. The number of hydrogen-bond donors (Lipinski definition) is 2. The Kier molecular flexibility index (Phi) is 5.36. The van der Waals surface area contributed by atoms with Gasteiger partial charge in [0.15, 0.2) is 0 Å². The van der Waals surface area contributed by atoms with E-state index in [0.717, 1.165) is 16.7 Å². The van der Waals surface area contributed by atoms with Crippen molar-refractivity contribution in [3.63, 3.8) is 0 Å². The van der Waals surface area contributed by atoms with Crippen LogP contribution in [0.4, 0.5) is 0 Å². The molecule has 22 heavy (non-hydrogen) atoms. The molecule has 0 fully saturated rings. The van der Waals surface area contributed by atoms with Crippen LogP contribution in [0.15, 0.2) is 72.8 Å². The van der Waals surface area contributed by atoms with Gasteiger partial charge < -0.3 is 10.2 Å². The van der Waals surface area contributed by atoms with Gasteiger partial charge in [-0.15, -0.1) is 0 Å². The summed E-state index contributed by atoms with van der Waals surface area (Å²) in [7, 11) is 0. The van der Waals surface area contributed by atoms with E-state index in [1.165, 1.54) is 6.08 Å². The van der Waals surface area contributed by atoms with Gasteiger partial charge in [-0.3, -0.25) is 0 Å². The Labute approximate surface area is 129 Å². The maximum absolute atomic E-state index is 10.1. The molecule has 0 saturated carbocycles. The van der Waals surface area contributed by atoms with Crippen LogP contribution in [0.5, 0.6) is 11.5 Å². The maximum Gasteiger partial charge on any atom is 0.124 e. The summed E-state index contributed by atoms with van der Waals surface area (Å²) in [5, 5.41) is 19.3. The highest BCUT2D eigenvalue weighted by atomic mass is 16.3. The number of phenolic OH excluding ortho intramolecular Hbond substituents is 2. The summed E-state index contributed by atoms with van der Waals surface area (Å²) >= 11 is 0. The zero-order valence-electron chi connectivity index (χ0n) is 11.9. The highest BCUT2D eigenvalue weighted by Crippen LogP contribution is 2.28. The van der Waals surface area contributed by atoms with Crippen molar-refractivity contribution in [2.75, 3.05) is 0 Å². The molecule has 0 aliphatic rings. The molecule has 2 N–H and O–H groups in total. The second-order valence-electron chi connectivity index (χ2n) is 4.67. The first-order chi connectivity index (χ1) is 10.7. The fraction of sp³-hybridized carbons (Fsp3) is 0.0526. The lowest BCUT2D eigenvalue weighted by Crippen LogP contribution is -1.88. The number of benzene rings is 2. The quantitative estimate of drug-likeness (QED) is 0.650. The Morgan fingerprint density at radius 2 is 1.59 bits per heavy atom. The third-order valence-electron chi connectivity index (χ3n) is 3.07. The van der Waals surface area contributed by atoms with Crippen molar-refractivity contribution >= 4 is 11.5 Å². The summed E-state index contributed by atoms with van der Waals surface area (Å²) in [4.78, 5) is 10.1. The van der Waals surface area contributed by atoms with Crippen molar-refractivity contribution in [1.82, 2.24) is 0 Å². The van der Waals surface area contributed by atoms with Crippen molar-refractivity contribution in [2.24, 2.45) is 0 Å². The van der Waals surface area contributed by atoms with Crippen LogP contribution in [0.1, 0.15) is 17.5 Å². The largest absolute Gasteiger partial charge is 0.508 e. The summed E-state index contributed by atoms with van der Waals surface area (Å²) in [6.07, 6.45) is 7.34. The van der Waals surface area contributed by atoms with Crippen molar-refractivity contribution in [3.8, 4) is 11.5 Å². The van der Waals surface area contributed by atoms with Gasteiger partial charge in [0.2, 0.25) is 0 Å². The van der Waals surface area contributed by atoms with Gasteiger partial charge in [-0.2, -0.15) is 0 Å². The molecule has 0 aliphatic carbocycles. The van der Waals surface area contributed by atoms with Crippen LogP contribution in [-0.4, -0.2) is 16.2 Å². The summed E-state index contributed by atoms with van der Waals surface area (Å²) in [5.41, 5.74) is 2.60. The number of aromatic hydroxyl groups is 2. The van der Waals surface area contributed by atoms with Gasteiger partial charge in [0, 0.05) is 6.08 Å². The Morgan fingerprint density at radius 3 is 2.09 bits per heavy atom. The van der Waals surface area contributed by atoms with Gasteiger partial charge in [-0.25, -0.2) is 4.79 Å². The minimum Gasteiger partial charge on any atom is -0.508 e. The average molecular weight is 292 g/mol. The van der Waals surface area contributed by atoms with E-state index in [-0.39, 0.29) is 11.5 Å². The monoisotopic (exact) mass is 292 g/mol. The molecule has 0 heterocycles. The normalized spacial score (nSPS) is 10.2. The van der Waals surface area contributed by atoms with E-state index >= 15 is 0 Å². The molecule has 2 rings (SSSR count). The predicted octanol–water partition coefficient (Wildman–Crippen LogP) is 3.86. The minimum atomic E-state index is 0.183. The second kappa shape index (κ2) is 7.67. The van der Waals surface area contributed by atoms with E-state index in [4.69, 9.17) is 0 Å². The van der Waals surface area contributed by atoms with E-state index in [9.17, 15) is 15.0 Å². The van der Waals surface area contributed by atoms with Gasteiger partial charge >= 0.3 is 0 Å². The molecule has 0 saturated heterocycles. The molecule has 0 atom stereocenters. The highest BCUT2D eigenvalue weighted by Gasteiger charge is 2.06. The van der Waals surface area contributed by atoms with Crippen LogP contribution in [0.3, 0.4) is 0 Å². The summed E-state index contributed by atoms with van der Waals surface area (Å²) in [5.74, 6) is 2.05. The summed E-state index contributed by atoms with van der Waals surface area (Å²) in [6.45, 7) is 0. The van der Waals surface area contributed by atoms with Crippen LogP contribution in [-0.2, 0) is 4.79 Å². The fourth-order valence-electron chi connectivity index (χ4n) is 2.12.